The standard InChI is InChI=1S/C30H33N7O4/c1-3-27(39)37-14-13-36(18-21(37)10-11-31)28-25(17-32-30(34-28)41-19-22-8-6-12-35(22)2)29(40)33-26-16-23(38)15-20-7-4-5-9-24(20)26/h3-5,7,9,15-17,21-22,38H,1,6,8,10,12-14,18-19H2,2H3,(H,33,40)/t21-,22-/m0/s1. The number of phenols is 1. The van der Waals surface area contributed by atoms with E-state index < -0.39 is 11.9 Å². The second-order valence-electron chi connectivity index (χ2n) is 10.3. The summed E-state index contributed by atoms with van der Waals surface area (Å²) in [5.41, 5.74) is 0.659. The van der Waals surface area contributed by atoms with Gasteiger partial charge in [0.05, 0.1) is 24.2 Å². The summed E-state index contributed by atoms with van der Waals surface area (Å²) in [5.74, 6) is -0.325. The number of fused-ring (bicyclic) bond motifs is 1. The van der Waals surface area contributed by atoms with Crippen molar-refractivity contribution in [3.8, 4) is 17.8 Å². The highest BCUT2D eigenvalue weighted by molar-refractivity contribution is 6.11. The van der Waals surface area contributed by atoms with Crippen LogP contribution in [0.15, 0.2) is 55.3 Å². The first-order valence-corrected chi connectivity index (χ1v) is 13.7. The van der Waals surface area contributed by atoms with Gasteiger partial charge >= 0.3 is 6.01 Å². The number of aromatic nitrogens is 2. The van der Waals surface area contributed by atoms with Gasteiger partial charge in [0.25, 0.3) is 5.91 Å². The van der Waals surface area contributed by atoms with Crippen molar-refractivity contribution in [2.75, 3.05) is 50.1 Å². The van der Waals surface area contributed by atoms with Gasteiger partial charge in [-0.25, -0.2) is 4.98 Å². The van der Waals surface area contributed by atoms with Gasteiger partial charge in [0.15, 0.2) is 0 Å². The summed E-state index contributed by atoms with van der Waals surface area (Å²) >= 11 is 0. The number of nitrogens with zero attached hydrogens (tertiary/aromatic N) is 6. The Morgan fingerprint density at radius 3 is 2.83 bits per heavy atom. The summed E-state index contributed by atoms with van der Waals surface area (Å²) in [7, 11) is 2.06. The molecule has 11 heteroatoms. The molecule has 5 rings (SSSR count). The zero-order chi connectivity index (χ0) is 28.9. The number of aromatic hydroxyl groups is 1. The van der Waals surface area contributed by atoms with Crippen molar-refractivity contribution in [3.05, 3.63) is 60.8 Å². The first-order valence-electron chi connectivity index (χ1n) is 13.7. The van der Waals surface area contributed by atoms with Crippen molar-refractivity contribution in [1.82, 2.24) is 19.8 Å². The topological polar surface area (TPSA) is 135 Å². The molecule has 2 saturated heterocycles. The summed E-state index contributed by atoms with van der Waals surface area (Å²) in [4.78, 5) is 40.9. The van der Waals surface area contributed by atoms with E-state index in [-0.39, 0.29) is 35.7 Å². The number of anilines is 2. The highest BCUT2D eigenvalue weighted by Crippen LogP contribution is 2.31. The number of ether oxygens (including phenoxy) is 1. The predicted octanol–water partition coefficient (Wildman–Crippen LogP) is 3.18. The van der Waals surface area contributed by atoms with Gasteiger partial charge in [-0.1, -0.05) is 30.8 Å². The Morgan fingerprint density at radius 1 is 1.24 bits per heavy atom. The van der Waals surface area contributed by atoms with Crippen LogP contribution in [0.5, 0.6) is 11.8 Å². The Hall–Kier alpha value is -4.69. The first-order chi connectivity index (χ1) is 19.9. The molecule has 2 fully saturated rings. The van der Waals surface area contributed by atoms with Crippen LogP contribution in [-0.2, 0) is 4.79 Å². The van der Waals surface area contributed by atoms with E-state index in [1.165, 1.54) is 18.3 Å². The number of nitriles is 1. The fourth-order valence-corrected chi connectivity index (χ4v) is 5.51. The van der Waals surface area contributed by atoms with Crippen LogP contribution in [0.2, 0.25) is 0 Å². The Kier molecular flexibility index (Phi) is 8.31. The molecule has 0 aliphatic carbocycles. The summed E-state index contributed by atoms with van der Waals surface area (Å²) in [6, 6.07) is 12.7. The number of amides is 2. The van der Waals surface area contributed by atoms with Crippen LogP contribution in [0.3, 0.4) is 0 Å². The van der Waals surface area contributed by atoms with Crippen LogP contribution in [0, 0.1) is 11.3 Å². The molecule has 1 aromatic heterocycles. The van der Waals surface area contributed by atoms with Crippen molar-refractivity contribution in [1.29, 1.82) is 5.26 Å². The smallest absolute Gasteiger partial charge is 0.318 e. The number of carbonyl (C=O) groups is 2. The molecule has 0 radical (unpaired) electrons. The first kappa shape index (κ1) is 27.9. The molecule has 2 amide bonds. The Labute approximate surface area is 238 Å². The monoisotopic (exact) mass is 555 g/mol. The number of piperazine rings is 1. The number of likely N-dealkylation sites (N-methyl/N-ethyl adjacent to an activating group) is 1. The molecule has 2 aliphatic rings. The fourth-order valence-electron chi connectivity index (χ4n) is 5.51. The molecule has 0 saturated carbocycles. The summed E-state index contributed by atoms with van der Waals surface area (Å²) in [6.07, 6.45) is 4.94. The molecular weight excluding hydrogens is 522 g/mol. The normalized spacial score (nSPS) is 19.1. The van der Waals surface area contributed by atoms with Crippen molar-refractivity contribution in [2.24, 2.45) is 0 Å². The third-order valence-electron chi connectivity index (χ3n) is 7.73. The van der Waals surface area contributed by atoms with Gasteiger partial charge in [-0.3, -0.25) is 9.59 Å². The molecule has 0 spiro atoms. The zero-order valence-corrected chi connectivity index (χ0v) is 23.0. The Balaban J connectivity index is 1.46. The maximum Gasteiger partial charge on any atom is 0.318 e. The lowest BCUT2D eigenvalue weighted by atomic mass is 10.1. The number of rotatable bonds is 8. The molecule has 3 aromatic rings. The van der Waals surface area contributed by atoms with Gasteiger partial charge in [0.1, 0.15) is 23.7 Å². The molecule has 0 unspecified atom stereocenters. The van der Waals surface area contributed by atoms with E-state index in [9.17, 15) is 20.0 Å². The summed E-state index contributed by atoms with van der Waals surface area (Å²) < 4.78 is 5.98. The lowest BCUT2D eigenvalue weighted by molar-refractivity contribution is -0.128. The zero-order valence-electron chi connectivity index (χ0n) is 23.0. The lowest BCUT2D eigenvalue weighted by Gasteiger charge is -2.41. The van der Waals surface area contributed by atoms with Crippen LogP contribution in [0.25, 0.3) is 10.8 Å². The summed E-state index contributed by atoms with van der Waals surface area (Å²) in [6.45, 7) is 6.04. The third kappa shape index (κ3) is 6.07. The average Bonchev–Trinajstić information content (AvgIpc) is 3.39. The van der Waals surface area contributed by atoms with E-state index in [1.807, 2.05) is 29.2 Å². The number of hydrogen-bond acceptors (Lipinski definition) is 9. The molecular formula is C30H33N7O4. The Bertz CT molecular complexity index is 1500. The van der Waals surface area contributed by atoms with Crippen LogP contribution in [0.4, 0.5) is 11.5 Å². The lowest BCUT2D eigenvalue weighted by Crippen LogP contribution is -2.55. The highest BCUT2D eigenvalue weighted by atomic mass is 16.5. The third-order valence-corrected chi connectivity index (χ3v) is 7.73. The minimum absolute atomic E-state index is 0.0263. The molecule has 41 heavy (non-hydrogen) atoms. The quantitative estimate of drug-likeness (QED) is 0.402. The molecule has 3 heterocycles. The van der Waals surface area contributed by atoms with Gasteiger partial charge in [0.2, 0.25) is 5.91 Å². The minimum Gasteiger partial charge on any atom is -0.508 e. The number of phenolic OH excluding ortho intramolecular Hbond substituents is 1. The van der Waals surface area contributed by atoms with E-state index in [4.69, 9.17) is 4.74 Å². The van der Waals surface area contributed by atoms with E-state index in [2.05, 4.69) is 39.9 Å². The molecule has 2 aromatic carbocycles. The molecule has 2 aliphatic heterocycles. The number of nitrogens with one attached hydrogen (secondary N) is 1. The van der Waals surface area contributed by atoms with Gasteiger partial charge in [-0.2, -0.15) is 10.2 Å². The van der Waals surface area contributed by atoms with E-state index in [0.29, 0.717) is 37.7 Å². The van der Waals surface area contributed by atoms with Crippen molar-refractivity contribution >= 4 is 34.1 Å². The van der Waals surface area contributed by atoms with Crippen LogP contribution in [0.1, 0.15) is 29.6 Å². The summed E-state index contributed by atoms with van der Waals surface area (Å²) in [5, 5.41) is 24.2. The van der Waals surface area contributed by atoms with Crippen LogP contribution >= 0.6 is 0 Å². The number of benzene rings is 2. The number of likely N-dealkylation sites (tertiary alicyclic amines) is 1. The minimum atomic E-state index is -0.459. The van der Waals surface area contributed by atoms with Gasteiger partial charge in [-0.15, -0.1) is 0 Å². The molecule has 212 valence electrons. The SMILES string of the molecule is C=CC(=O)N1CCN(c2nc(OC[C@@H]3CCCN3C)ncc2C(=O)Nc2cc(O)cc3ccccc23)C[C@@H]1CC#N. The maximum atomic E-state index is 13.7. The number of hydrogen-bond donors (Lipinski definition) is 2. The van der Waals surface area contributed by atoms with Crippen LogP contribution < -0.4 is 15.0 Å². The molecule has 2 N–H and O–H groups in total. The Morgan fingerprint density at radius 2 is 2.07 bits per heavy atom. The van der Waals surface area contributed by atoms with Gasteiger partial charge < -0.3 is 29.9 Å². The van der Waals surface area contributed by atoms with Crippen molar-refractivity contribution in [3.63, 3.8) is 0 Å². The number of carbonyl (C=O) groups excluding carboxylic acids is 2. The average molecular weight is 556 g/mol. The van der Waals surface area contributed by atoms with Crippen molar-refractivity contribution < 1.29 is 19.4 Å². The van der Waals surface area contributed by atoms with E-state index in [0.717, 1.165) is 30.2 Å². The van der Waals surface area contributed by atoms with Gasteiger partial charge in [0, 0.05) is 43.3 Å². The second kappa shape index (κ2) is 12.2. The maximum absolute atomic E-state index is 13.7. The molecule has 11 nitrogen and oxygen atoms in total. The highest BCUT2D eigenvalue weighted by Gasteiger charge is 2.32. The van der Waals surface area contributed by atoms with Crippen LogP contribution in [-0.4, -0.2) is 88.6 Å². The fraction of sp³-hybridized carbons (Fsp3) is 0.367. The molecule has 2 atom stereocenters. The van der Waals surface area contributed by atoms with Gasteiger partial charge in [-0.05, 0) is 44.0 Å². The predicted molar refractivity (Wildman–Crippen MR) is 155 cm³/mol. The van der Waals surface area contributed by atoms with E-state index in [1.54, 1.807) is 11.0 Å². The van der Waals surface area contributed by atoms with E-state index >= 15 is 0 Å². The largest absolute Gasteiger partial charge is 0.508 e. The molecule has 0 bridgehead atoms. The van der Waals surface area contributed by atoms with Crippen molar-refractivity contribution in [2.45, 2.75) is 31.3 Å². The second-order valence-corrected chi connectivity index (χ2v) is 10.3.